The second-order valence-corrected chi connectivity index (χ2v) is 6.07. The van der Waals surface area contributed by atoms with Crippen LogP contribution in [0.5, 0.6) is 0 Å². The molecule has 6 heteroatoms. The molecular formula is C13H24N2O4. The summed E-state index contributed by atoms with van der Waals surface area (Å²) < 4.78 is 5.30. The Labute approximate surface area is 113 Å². The Kier molecular flexibility index (Phi) is 5.17. The van der Waals surface area contributed by atoms with Gasteiger partial charge < -0.3 is 20.5 Å². The van der Waals surface area contributed by atoms with E-state index in [4.69, 9.17) is 15.6 Å². The summed E-state index contributed by atoms with van der Waals surface area (Å²) in [4.78, 5) is 24.1. The minimum absolute atomic E-state index is 0.0168. The number of hydrogen-bond acceptors (Lipinski definition) is 4. The number of hydrogen-bond donors (Lipinski definition) is 2. The first-order valence-corrected chi connectivity index (χ1v) is 6.64. The number of carbonyl (C=O) groups excluding carboxylic acids is 1. The van der Waals surface area contributed by atoms with Crippen LogP contribution >= 0.6 is 0 Å². The van der Waals surface area contributed by atoms with Crippen molar-refractivity contribution in [1.82, 2.24) is 4.90 Å². The van der Waals surface area contributed by atoms with Gasteiger partial charge in [-0.3, -0.25) is 4.79 Å². The molecule has 0 spiro atoms. The van der Waals surface area contributed by atoms with Crippen molar-refractivity contribution in [2.45, 2.75) is 51.7 Å². The highest BCUT2D eigenvalue weighted by atomic mass is 16.6. The summed E-state index contributed by atoms with van der Waals surface area (Å²) in [6.45, 7) is 6.65. The number of carboxylic acids is 1. The summed E-state index contributed by atoms with van der Waals surface area (Å²) in [5.74, 6) is -0.711. The second kappa shape index (κ2) is 6.23. The van der Waals surface area contributed by atoms with E-state index in [-0.39, 0.29) is 24.5 Å². The van der Waals surface area contributed by atoms with Gasteiger partial charge in [-0.2, -0.15) is 0 Å². The smallest absolute Gasteiger partial charge is 0.410 e. The maximum atomic E-state index is 11.8. The highest BCUT2D eigenvalue weighted by Crippen LogP contribution is 2.22. The Bertz CT molecular complexity index is 330. The minimum atomic E-state index is -0.873. The van der Waals surface area contributed by atoms with Crippen LogP contribution in [0.4, 0.5) is 4.79 Å². The van der Waals surface area contributed by atoms with E-state index in [1.165, 1.54) is 0 Å². The molecule has 1 amide bonds. The van der Waals surface area contributed by atoms with Gasteiger partial charge in [0.25, 0.3) is 0 Å². The lowest BCUT2D eigenvalue weighted by Gasteiger charge is -2.35. The van der Waals surface area contributed by atoms with E-state index in [1.54, 1.807) is 4.90 Å². The topological polar surface area (TPSA) is 92.9 Å². The first kappa shape index (κ1) is 15.8. The van der Waals surface area contributed by atoms with Gasteiger partial charge in [-0.05, 0) is 39.5 Å². The number of ether oxygens (including phenoxy) is 1. The lowest BCUT2D eigenvalue weighted by atomic mass is 9.88. The van der Waals surface area contributed by atoms with E-state index < -0.39 is 11.6 Å². The number of nitrogens with zero attached hydrogens (tertiary/aromatic N) is 1. The average molecular weight is 272 g/mol. The quantitative estimate of drug-likeness (QED) is 0.810. The number of piperidine rings is 1. The standard InChI is InChI=1S/C13H24N2O4/c1-13(2,3)19-12(18)15-6-4-9(5-7-15)10(14)8-11(16)17/h9-10H,4-8,14H2,1-3H3,(H,16,17). The van der Waals surface area contributed by atoms with Crippen molar-refractivity contribution in [3.8, 4) is 0 Å². The van der Waals surface area contributed by atoms with Crippen molar-refractivity contribution in [3.05, 3.63) is 0 Å². The maximum Gasteiger partial charge on any atom is 0.410 e. The third-order valence-corrected chi connectivity index (χ3v) is 3.21. The number of rotatable bonds is 3. The van der Waals surface area contributed by atoms with Gasteiger partial charge in [0.05, 0.1) is 6.42 Å². The van der Waals surface area contributed by atoms with Gasteiger partial charge in [-0.1, -0.05) is 0 Å². The van der Waals surface area contributed by atoms with Crippen molar-refractivity contribution in [2.24, 2.45) is 11.7 Å². The van der Waals surface area contributed by atoms with Crippen LogP contribution in [0.1, 0.15) is 40.0 Å². The van der Waals surface area contributed by atoms with Crippen LogP contribution in [-0.4, -0.2) is 46.8 Å². The van der Waals surface area contributed by atoms with Crippen LogP contribution in [0.3, 0.4) is 0 Å². The van der Waals surface area contributed by atoms with Gasteiger partial charge in [-0.15, -0.1) is 0 Å². The molecule has 0 radical (unpaired) electrons. The summed E-state index contributed by atoms with van der Waals surface area (Å²) in [6.07, 6.45) is 1.14. The largest absolute Gasteiger partial charge is 0.481 e. The SMILES string of the molecule is CC(C)(C)OC(=O)N1CCC(C(N)CC(=O)O)CC1. The molecule has 1 saturated heterocycles. The molecule has 1 atom stereocenters. The molecule has 110 valence electrons. The molecule has 0 bridgehead atoms. The van der Waals surface area contributed by atoms with Crippen molar-refractivity contribution in [3.63, 3.8) is 0 Å². The van der Waals surface area contributed by atoms with E-state index in [1.807, 2.05) is 20.8 Å². The Morgan fingerprint density at radius 1 is 1.37 bits per heavy atom. The number of carbonyl (C=O) groups is 2. The zero-order chi connectivity index (χ0) is 14.6. The minimum Gasteiger partial charge on any atom is -0.481 e. The molecule has 0 aromatic carbocycles. The lowest BCUT2D eigenvalue weighted by Crippen LogP contribution is -2.45. The molecule has 19 heavy (non-hydrogen) atoms. The zero-order valence-electron chi connectivity index (χ0n) is 11.9. The Hall–Kier alpha value is -1.30. The number of nitrogens with two attached hydrogens (primary N) is 1. The Balaban J connectivity index is 2.40. The van der Waals surface area contributed by atoms with Gasteiger partial charge in [0.15, 0.2) is 0 Å². The fraction of sp³-hybridized carbons (Fsp3) is 0.846. The first-order valence-electron chi connectivity index (χ1n) is 6.64. The van der Waals surface area contributed by atoms with Crippen LogP contribution in [0.25, 0.3) is 0 Å². The normalized spacial score (nSPS) is 19.1. The maximum absolute atomic E-state index is 11.8. The van der Waals surface area contributed by atoms with E-state index >= 15 is 0 Å². The summed E-state index contributed by atoms with van der Waals surface area (Å²) in [5.41, 5.74) is 5.36. The van der Waals surface area contributed by atoms with Gasteiger partial charge >= 0.3 is 12.1 Å². The third-order valence-electron chi connectivity index (χ3n) is 3.21. The molecule has 1 aliphatic heterocycles. The summed E-state index contributed by atoms with van der Waals surface area (Å²) in [6, 6.07) is -0.335. The molecule has 1 fully saturated rings. The van der Waals surface area contributed by atoms with Crippen LogP contribution < -0.4 is 5.73 Å². The predicted octanol–water partition coefficient (Wildman–Crippen LogP) is 1.44. The molecular weight excluding hydrogens is 248 g/mol. The molecule has 1 rings (SSSR count). The van der Waals surface area contributed by atoms with Crippen molar-refractivity contribution in [2.75, 3.05) is 13.1 Å². The van der Waals surface area contributed by atoms with Crippen molar-refractivity contribution >= 4 is 12.1 Å². The van der Waals surface area contributed by atoms with Crippen LogP contribution in [-0.2, 0) is 9.53 Å². The molecule has 1 unspecified atom stereocenters. The monoisotopic (exact) mass is 272 g/mol. The molecule has 0 aromatic rings. The average Bonchev–Trinajstić information content (AvgIpc) is 2.26. The van der Waals surface area contributed by atoms with Crippen molar-refractivity contribution < 1.29 is 19.4 Å². The zero-order valence-corrected chi connectivity index (χ0v) is 11.9. The van der Waals surface area contributed by atoms with E-state index in [0.29, 0.717) is 13.1 Å². The molecule has 0 aromatic heterocycles. The fourth-order valence-corrected chi connectivity index (χ4v) is 2.20. The lowest BCUT2D eigenvalue weighted by molar-refractivity contribution is -0.137. The van der Waals surface area contributed by atoms with Crippen LogP contribution in [0.15, 0.2) is 0 Å². The third kappa shape index (κ3) is 5.46. The van der Waals surface area contributed by atoms with Crippen LogP contribution in [0, 0.1) is 5.92 Å². The molecule has 0 saturated carbocycles. The van der Waals surface area contributed by atoms with E-state index in [9.17, 15) is 9.59 Å². The number of amides is 1. The van der Waals surface area contributed by atoms with E-state index in [2.05, 4.69) is 0 Å². The molecule has 3 N–H and O–H groups in total. The van der Waals surface area contributed by atoms with Gasteiger partial charge in [0.1, 0.15) is 5.60 Å². The number of carboxylic acid groups (broad SMARTS) is 1. The molecule has 1 aliphatic rings. The van der Waals surface area contributed by atoms with Gasteiger partial charge in [0.2, 0.25) is 0 Å². The summed E-state index contributed by atoms with van der Waals surface area (Å²) in [5, 5.41) is 8.72. The van der Waals surface area contributed by atoms with Crippen LogP contribution in [0.2, 0.25) is 0 Å². The highest BCUT2D eigenvalue weighted by Gasteiger charge is 2.29. The molecule has 0 aliphatic carbocycles. The molecule has 1 heterocycles. The highest BCUT2D eigenvalue weighted by molar-refractivity contribution is 5.68. The number of aliphatic carboxylic acids is 1. The van der Waals surface area contributed by atoms with E-state index in [0.717, 1.165) is 12.8 Å². The summed E-state index contributed by atoms with van der Waals surface area (Å²) in [7, 11) is 0. The Morgan fingerprint density at radius 3 is 2.32 bits per heavy atom. The number of likely N-dealkylation sites (tertiary alicyclic amines) is 1. The predicted molar refractivity (Wildman–Crippen MR) is 70.8 cm³/mol. The Morgan fingerprint density at radius 2 is 1.89 bits per heavy atom. The fourth-order valence-electron chi connectivity index (χ4n) is 2.20. The second-order valence-electron chi connectivity index (χ2n) is 6.07. The first-order chi connectivity index (χ1) is 8.69. The van der Waals surface area contributed by atoms with Crippen molar-refractivity contribution in [1.29, 1.82) is 0 Å². The van der Waals surface area contributed by atoms with Gasteiger partial charge in [0, 0.05) is 19.1 Å². The van der Waals surface area contributed by atoms with Gasteiger partial charge in [-0.25, -0.2) is 4.79 Å². The molecule has 6 nitrogen and oxygen atoms in total. The summed E-state index contributed by atoms with van der Waals surface area (Å²) >= 11 is 0.